The van der Waals surface area contributed by atoms with Crippen LogP contribution in [0.1, 0.15) is 13.3 Å². The molecule has 1 aromatic carbocycles. The van der Waals surface area contributed by atoms with Crippen molar-refractivity contribution in [3.05, 3.63) is 54.2 Å². The van der Waals surface area contributed by atoms with Crippen molar-refractivity contribution < 1.29 is 4.39 Å². The first-order chi connectivity index (χ1) is 12.1. The van der Waals surface area contributed by atoms with Crippen LogP contribution in [0.5, 0.6) is 0 Å². The summed E-state index contributed by atoms with van der Waals surface area (Å²) >= 11 is 5.82. The van der Waals surface area contributed by atoms with Crippen LogP contribution in [-0.2, 0) is 0 Å². The Balaban J connectivity index is 1.96. The molecule has 0 fully saturated rings. The molecule has 25 heavy (non-hydrogen) atoms. The molecule has 128 valence electrons. The van der Waals surface area contributed by atoms with E-state index in [0.717, 1.165) is 6.42 Å². The summed E-state index contributed by atoms with van der Waals surface area (Å²) in [5.41, 5.74) is 1.72. The SMILES string of the molecule is C=CC(CC)Nc1ncc2ncnc(Nc3ccc(F)c(Cl)c3)c2n1. The molecule has 2 N–H and O–H groups in total. The maximum Gasteiger partial charge on any atom is 0.223 e. The highest BCUT2D eigenvalue weighted by Gasteiger charge is 2.10. The highest BCUT2D eigenvalue weighted by Crippen LogP contribution is 2.25. The zero-order valence-electron chi connectivity index (χ0n) is 13.5. The zero-order chi connectivity index (χ0) is 17.8. The lowest BCUT2D eigenvalue weighted by molar-refractivity contribution is 0.628. The van der Waals surface area contributed by atoms with E-state index in [-0.39, 0.29) is 11.1 Å². The van der Waals surface area contributed by atoms with Gasteiger partial charge in [0.2, 0.25) is 5.95 Å². The summed E-state index contributed by atoms with van der Waals surface area (Å²) in [7, 11) is 0. The fraction of sp³-hybridized carbons (Fsp3) is 0.176. The van der Waals surface area contributed by atoms with E-state index >= 15 is 0 Å². The molecule has 0 spiro atoms. The van der Waals surface area contributed by atoms with Gasteiger partial charge in [0.25, 0.3) is 0 Å². The summed E-state index contributed by atoms with van der Waals surface area (Å²) in [6.07, 6.45) is 5.68. The topological polar surface area (TPSA) is 75.6 Å². The lowest BCUT2D eigenvalue weighted by Gasteiger charge is -2.13. The van der Waals surface area contributed by atoms with Crippen molar-refractivity contribution in [2.75, 3.05) is 10.6 Å². The van der Waals surface area contributed by atoms with Gasteiger partial charge in [-0.3, -0.25) is 0 Å². The smallest absolute Gasteiger partial charge is 0.223 e. The van der Waals surface area contributed by atoms with Crippen LogP contribution in [0.4, 0.5) is 21.8 Å². The molecule has 8 heteroatoms. The van der Waals surface area contributed by atoms with Crippen LogP contribution in [0, 0.1) is 5.82 Å². The van der Waals surface area contributed by atoms with E-state index in [1.165, 1.54) is 18.5 Å². The van der Waals surface area contributed by atoms with Gasteiger partial charge in [0.15, 0.2) is 5.82 Å². The molecule has 0 bridgehead atoms. The van der Waals surface area contributed by atoms with E-state index in [4.69, 9.17) is 11.6 Å². The first-order valence-corrected chi connectivity index (χ1v) is 8.07. The van der Waals surface area contributed by atoms with Crippen LogP contribution in [0.3, 0.4) is 0 Å². The van der Waals surface area contributed by atoms with Gasteiger partial charge in [-0.15, -0.1) is 6.58 Å². The van der Waals surface area contributed by atoms with Crippen molar-refractivity contribution in [1.82, 2.24) is 19.9 Å². The molecule has 0 amide bonds. The van der Waals surface area contributed by atoms with Crippen molar-refractivity contribution in [1.29, 1.82) is 0 Å². The van der Waals surface area contributed by atoms with Gasteiger partial charge < -0.3 is 10.6 Å². The number of hydrogen-bond acceptors (Lipinski definition) is 6. The maximum absolute atomic E-state index is 13.3. The predicted octanol–water partition coefficient (Wildman–Crippen LogP) is 4.33. The first-order valence-electron chi connectivity index (χ1n) is 7.69. The van der Waals surface area contributed by atoms with E-state index in [0.29, 0.717) is 28.5 Å². The van der Waals surface area contributed by atoms with Crippen LogP contribution >= 0.6 is 11.6 Å². The molecule has 0 aliphatic heterocycles. The Labute approximate surface area is 149 Å². The quantitative estimate of drug-likeness (QED) is 0.639. The third-order valence-electron chi connectivity index (χ3n) is 3.60. The predicted molar refractivity (Wildman–Crippen MR) is 97.7 cm³/mol. The Hall–Kier alpha value is -2.80. The van der Waals surface area contributed by atoms with Gasteiger partial charge in [0.1, 0.15) is 23.2 Å². The Bertz CT molecular complexity index is 917. The second kappa shape index (κ2) is 7.40. The standard InChI is InChI=1S/C17H16ClFN6/c1-3-10(4-2)24-17-20-8-14-15(25-17)16(22-9-21-14)23-11-5-6-13(19)12(18)7-11/h3,5-10H,1,4H2,2H3,(H,20,24,25)(H,21,22,23). The average Bonchev–Trinajstić information content (AvgIpc) is 2.63. The van der Waals surface area contributed by atoms with Gasteiger partial charge >= 0.3 is 0 Å². The second-order valence-corrected chi connectivity index (χ2v) is 5.71. The molecule has 0 saturated carbocycles. The van der Waals surface area contributed by atoms with Crippen molar-refractivity contribution >= 4 is 40.1 Å². The minimum atomic E-state index is -0.483. The number of anilines is 3. The maximum atomic E-state index is 13.3. The number of fused-ring (bicyclic) bond motifs is 1. The number of nitrogens with zero attached hydrogens (tertiary/aromatic N) is 4. The number of halogens is 2. The lowest BCUT2D eigenvalue weighted by Crippen LogP contribution is -2.17. The summed E-state index contributed by atoms with van der Waals surface area (Å²) in [6, 6.07) is 4.40. The van der Waals surface area contributed by atoms with Crippen LogP contribution in [-0.4, -0.2) is 26.0 Å². The Kier molecular flexibility index (Phi) is 5.04. The Morgan fingerprint density at radius 2 is 2.16 bits per heavy atom. The highest BCUT2D eigenvalue weighted by atomic mass is 35.5. The van der Waals surface area contributed by atoms with Gasteiger partial charge in [-0.25, -0.2) is 24.3 Å². The molecule has 0 saturated heterocycles. The second-order valence-electron chi connectivity index (χ2n) is 5.30. The molecule has 1 unspecified atom stereocenters. The third kappa shape index (κ3) is 3.83. The summed E-state index contributed by atoms with van der Waals surface area (Å²) < 4.78 is 13.3. The largest absolute Gasteiger partial charge is 0.348 e. The zero-order valence-corrected chi connectivity index (χ0v) is 14.3. The molecule has 3 aromatic rings. The molecular formula is C17H16ClFN6. The number of nitrogens with one attached hydrogen (secondary N) is 2. The van der Waals surface area contributed by atoms with Gasteiger partial charge in [0, 0.05) is 11.7 Å². The molecule has 6 nitrogen and oxygen atoms in total. The number of hydrogen-bond donors (Lipinski definition) is 2. The fourth-order valence-electron chi connectivity index (χ4n) is 2.22. The van der Waals surface area contributed by atoms with Gasteiger partial charge in [-0.05, 0) is 24.6 Å². The monoisotopic (exact) mass is 358 g/mol. The normalized spacial score (nSPS) is 12.0. The van der Waals surface area contributed by atoms with Gasteiger partial charge in [0.05, 0.1) is 11.2 Å². The highest BCUT2D eigenvalue weighted by molar-refractivity contribution is 6.31. The summed E-state index contributed by atoms with van der Waals surface area (Å²) in [5, 5.41) is 6.29. The molecule has 3 rings (SSSR count). The van der Waals surface area contributed by atoms with Crippen molar-refractivity contribution in [2.45, 2.75) is 19.4 Å². The first kappa shape index (κ1) is 17.0. The number of benzene rings is 1. The summed E-state index contributed by atoms with van der Waals surface area (Å²) in [5.74, 6) is 0.447. The van der Waals surface area contributed by atoms with Crippen LogP contribution < -0.4 is 10.6 Å². The van der Waals surface area contributed by atoms with Crippen LogP contribution in [0.15, 0.2) is 43.4 Å². The third-order valence-corrected chi connectivity index (χ3v) is 3.89. The molecule has 2 aromatic heterocycles. The molecule has 2 heterocycles. The van der Waals surface area contributed by atoms with Gasteiger partial charge in [-0.2, -0.15) is 0 Å². The van der Waals surface area contributed by atoms with Crippen LogP contribution in [0.25, 0.3) is 11.0 Å². The van der Waals surface area contributed by atoms with E-state index in [9.17, 15) is 4.39 Å². The minimum absolute atomic E-state index is 0.0251. The summed E-state index contributed by atoms with van der Waals surface area (Å²) in [6.45, 7) is 5.82. The molecule has 1 atom stereocenters. The Morgan fingerprint density at radius 1 is 1.32 bits per heavy atom. The Morgan fingerprint density at radius 3 is 2.88 bits per heavy atom. The van der Waals surface area contributed by atoms with Crippen LogP contribution in [0.2, 0.25) is 5.02 Å². The number of rotatable bonds is 6. The minimum Gasteiger partial charge on any atom is -0.348 e. The average molecular weight is 359 g/mol. The lowest BCUT2D eigenvalue weighted by atomic mass is 10.2. The van der Waals surface area contributed by atoms with E-state index < -0.39 is 5.82 Å². The van der Waals surface area contributed by atoms with E-state index in [2.05, 4.69) is 37.1 Å². The number of aromatic nitrogens is 4. The molecule has 0 aliphatic rings. The van der Waals surface area contributed by atoms with E-state index in [1.54, 1.807) is 18.3 Å². The van der Waals surface area contributed by atoms with Gasteiger partial charge in [-0.1, -0.05) is 24.6 Å². The van der Waals surface area contributed by atoms with Crippen molar-refractivity contribution in [3.8, 4) is 0 Å². The molecular weight excluding hydrogens is 343 g/mol. The van der Waals surface area contributed by atoms with Crippen molar-refractivity contribution in [2.24, 2.45) is 0 Å². The molecule has 0 radical (unpaired) electrons. The molecule has 0 aliphatic carbocycles. The summed E-state index contributed by atoms with van der Waals surface area (Å²) in [4.78, 5) is 17.1. The fourth-order valence-corrected chi connectivity index (χ4v) is 2.40. The van der Waals surface area contributed by atoms with E-state index in [1.807, 2.05) is 6.92 Å². The van der Waals surface area contributed by atoms with Crippen molar-refractivity contribution in [3.63, 3.8) is 0 Å².